The van der Waals surface area contributed by atoms with Crippen molar-refractivity contribution < 1.29 is 4.79 Å². The van der Waals surface area contributed by atoms with Gasteiger partial charge in [-0.3, -0.25) is 9.59 Å². The number of pyridine rings is 1. The lowest BCUT2D eigenvalue weighted by Crippen LogP contribution is -2.27. The molecule has 1 amide bonds. The molecule has 0 saturated carbocycles. The minimum atomic E-state index is -0.181. The molecule has 0 aliphatic heterocycles. The molecule has 98 valence electrons. The number of aryl methyl sites for hydroxylation is 2. The molecule has 0 saturated heterocycles. The van der Waals surface area contributed by atoms with Crippen molar-refractivity contribution in [3.8, 4) is 0 Å². The molecule has 2 N–H and O–H groups in total. The molecule has 0 spiro atoms. The van der Waals surface area contributed by atoms with Crippen LogP contribution in [0.2, 0.25) is 0 Å². The molecule has 2 aromatic rings. The second kappa shape index (κ2) is 5.52. The van der Waals surface area contributed by atoms with Crippen LogP contribution in [0.5, 0.6) is 0 Å². The molecule has 1 aromatic heterocycles. The lowest BCUT2D eigenvalue weighted by Gasteiger charge is -2.08. The van der Waals surface area contributed by atoms with Crippen LogP contribution in [0.3, 0.4) is 0 Å². The van der Waals surface area contributed by atoms with Gasteiger partial charge in [-0.15, -0.1) is 0 Å². The van der Waals surface area contributed by atoms with Crippen molar-refractivity contribution in [1.82, 2.24) is 10.3 Å². The second-order valence-corrected chi connectivity index (χ2v) is 4.47. The molecule has 0 aliphatic rings. The number of H-pyrrole nitrogens is 1. The van der Waals surface area contributed by atoms with Crippen LogP contribution in [0.25, 0.3) is 0 Å². The summed E-state index contributed by atoms with van der Waals surface area (Å²) in [6, 6.07) is 10.5. The molecule has 0 atom stereocenters. The van der Waals surface area contributed by atoms with Crippen LogP contribution in [0, 0.1) is 13.8 Å². The summed E-state index contributed by atoms with van der Waals surface area (Å²) in [5.41, 5.74) is 2.74. The first-order valence-corrected chi connectivity index (χ1v) is 6.10. The fourth-order valence-electron chi connectivity index (χ4n) is 1.96. The van der Waals surface area contributed by atoms with Gasteiger partial charge in [0.25, 0.3) is 5.91 Å². The maximum Gasteiger partial charge on any atom is 0.251 e. The van der Waals surface area contributed by atoms with E-state index in [1.807, 2.05) is 19.9 Å². The first kappa shape index (κ1) is 13.1. The van der Waals surface area contributed by atoms with E-state index < -0.39 is 0 Å². The van der Waals surface area contributed by atoms with Crippen LogP contribution in [0.1, 0.15) is 27.3 Å². The van der Waals surface area contributed by atoms with E-state index in [1.165, 1.54) is 6.07 Å². The highest BCUT2D eigenvalue weighted by Gasteiger charge is 2.08. The van der Waals surface area contributed by atoms with Gasteiger partial charge >= 0.3 is 0 Å². The van der Waals surface area contributed by atoms with Crippen LogP contribution in [-0.2, 0) is 6.54 Å². The second-order valence-electron chi connectivity index (χ2n) is 4.47. The molecule has 1 aromatic carbocycles. The third-order valence-electron chi connectivity index (χ3n) is 2.94. The largest absolute Gasteiger partial charge is 0.362 e. The van der Waals surface area contributed by atoms with Crippen molar-refractivity contribution in [2.75, 3.05) is 0 Å². The average Bonchev–Trinajstić information content (AvgIpc) is 2.38. The topological polar surface area (TPSA) is 62.0 Å². The van der Waals surface area contributed by atoms with Crippen molar-refractivity contribution in [3.05, 3.63) is 69.1 Å². The molecule has 4 heteroatoms. The number of hydrogen-bond acceptors (Lipinski definition) is 2. The molecule has 0 fully saturated rings. The number of amides is 1. The Morgan fingerprint density at radius 3 is 2.53 bits per heavy atom. The van der Waals surface area contributed by atoms with Gasteiger partial charge in [-0.05, 0) is 26.0 Å². The van der Waals surface area contributed by atoms with Gasteiger partial charge in [-0.1, -0.05) is 18.2 Å². The summed E-state index contributed by atoms with van der Waals surface area (Å²) in [7, 11) is 0. The number of aromatic amines is 1. The predicted octanol–water partition coefficient (Wildman–Crippen LogP) is 1.92. The normalized spacial score (nSPS) is 10.2. The highest BCUT2D eigenvalue weighted by molar-refractivity contribution is 5.94. The summed E-state index contributed by atoms with van der Waals surface area (Å²) < 4.78 is 0. The van der Waals surface area contributed by atoms with Gasteiger partial charge in [-0.25, -0.2) is 0 Å². The van der Waals surface area contributed by atoms with Crippen LogP contribution < -0.4 is 10.7 Å². The van der Waals surface area contributed by atoms with Gasteiger partial charge in [-0.2, -0.15) is 0 Å². The number of rotatable bonds is 3. The van der Waals surface area contributed by atoms with E-state index in [0.29, 0.717) is 11.1 Å². The summed E-state index contributed by atoms with van der Waals surface area (Å²) in [5.74, 6) is -0.181. The van der Waals surface area contributed by atoms with Crippen LogP contribution >= 0.6 is 0 Å². The van der Waals surface area contributed by atoms with E-state index in [0.717, 1.165) is 11.4 Å². The number of benzene rings is 1. The SMILES string of the molecule is Cc1cc(=O)c(CNC(=O)c2ccccc2)c(C)[nH]1. The lowest BCUT2D eigenvalue weighted by atomic mass is 10.1. The molecule has 4 nitrogen and oxygen atoms in total. The van der Waals surface area contributed by atoms with Crippen molar-refractivity contribution in [3.63, 3.8) is 0 Å². The minimum Gasteiger partial charge on any atom is -0.362 e. The van der Waals surface area contributed by atoms with Crippen molar-refractivity contribution in [1.29, 1.82) is 0 Å². The maximum absolute atomic E-state index is 11.9. The van der Waals surface area contributed by atoms with Crippen molar-refractivity contribution >= 4 is 5.91 Å². The summed E-state index contributed by atoms with van der Waals surface area (Å²) in [5, 5.41) is 2.76. The Morgan fingerprint density at radius 2 is 1.89 bits per heavy atom. The Bertz CT molecular complexity index is 645. The molecule has 0 bridgehead atoms. The highest BCUT2D eigenvalue weighted by Crippen LogP contribution is 2.02. The van der Waals surface area contributed by atoms with Crippen LogP contribution in [-0.4, -0.2) is 10.9 Å². The first-order chi connectivity index (χ1) is 9.08. The van der Waals surface area contributed by atoms with Crippen molar-refractivity contribution in [2.24, 2.45) is 0 Å². The minimum absolute atomic E-state index is 0.0536. The summed E-state index contributed by atoms with van der Waals surface area (Å²) in [4.78, 5) is 26.8. The van der Waals surface area contributed by atoms with E-state index in [1.54, 1.807) is 24.3 Å². The van der Waals surface area contributed by atoms with Crippen molar-refractivity contribution in [2.45, 2.75) is 20.4 Å². The quantitative estimate of drug-likeness (QED) is 0.881. The Balaban J connectivity index is 2.12. The van der Waals surface area contributed by atoms with Gasteiger partial charge in [0, 0.05) is 35.1 Å². The van der Waals surface area contributed by atoms with Crippen LogP contribution in [0.4, 0.5) is 0 Å². The predicted molar refractivity (Wildman–Crippen MR) is 74.1 cm³/mol. The van der Waals surface area contributed by atoms with E-state index in [-0.39, 0.29) is 17.9 Å². The Morgan fingerprint density at radius 1 is 1.21 bits per heavy atom. The zero-order valence-electron chi connectivity index (χ0n) is 11.0. The molecule has 2 rings (SSSR count). The molecule has 0 unspecified atom stereocenters. The van der Waals surface area contributed by atoms with Crippen LogP contribution in [0.15, 0.2) is 41.2 Å². The summed E-state index contributed by atoms with van der Waals surface area (Å²) in [6.45, 7) is 3.90. The number of hydrogen-bond donors (Lipinski definition) is 2. The van der Waals surface area contributed by atoms with E-state index in [4.69, 9.17) is 0 Å². The number of carbonyl (C=O) groups excluding carboxylic acids is 1. The smallest absolute Gasteiger partial charge is 0.251 e. The maximum atomic E-state index is 11.9. The van der Waals surface area contributed by atoms with Gasteiger partial charge in [0.15, 0.2) is 5.43 Å². The molecule has 0 radical (unpaired) electrons. The number of aromatic nitrogens is 1. The number of nitrogens with one attached hydrogen (secondary N) is 2. The first-order valence-electron chi connectivity index (χ1n) is 6.10. The van der Waals surface area contributed by atoms with E-state index >= 15 is 0 Å². The fraction of sp³-hybridized carbons (Fsp3) is 0.200. The van der Waals surface area contributed by atoms with E-state index in [2.05, 4.69) is 10.3 Å². The molecular weight excluding hydrogens is 240 g/mol. The highest BCUT2D eigenvalue weighted by atomic mass is 16.1. The molecule has 0 aliphatic carbocycles. The third-order valence-corrected chi connectivity index (χ3v) is 2.94. The monoisotopic (exact) mass is 256 g/mol. The lowest BCUT2D eigenvalue weighted by molar-refractivity contribution is 0.0951. The van der Waals surface area contributed by atoms with Gasteiger partial charge < -0.3 is 10.3 Å². The Kier molecular flexibility index (Phi) is 3.80. The Hall–Kier alpha value is -2.36. The zero-order valence-corrected chi connectivity index (χ0v) is 11.0. The summed E-state index contributed by atoms with van der Waals surface area (Å²) in [6.07, 6.45) is 0. The van der Waals surface area contributed by atoms with Gasteiger partial charge in [0.2, 0.25) is 0 Å². The van der Waals surface area contributed by atoms with E-state index in [9.17, 15) is 9.59 Å². The third kappa shape index (κ3) is 3.10. The standard InChI is InChI=1S/C15H16N2O2/c1-10-8-14(18)13(11(2)17-10)9-16-15(19)12-6-4-3-5-7-12/h3-8H,9H2,1-2H3,(H,16,19)(H,17,18). The average molecular weight is 256 g/mol. The molecule has 1 heterocycles. The van der Waals surface area contributed by atoms with Gasteiger partial charge in [0.05, 0.1) is 0 Å². The molecule has 19 heavy (non-hydrogen) atoms. The Labute approximate surface area is 111 Å². The van der Waals surface area contributed by atoms with Gasteiger partial charge in [0.1, 0.15) is 0 Å². The number of carbonyl (C=O) groups is 1. The molecular formula is C15H16N2O2. The summed E-state index contributed by atoms with van der Waals surface area (Å²) >= 11 is 0. The zero-order chi connectivity index (χ0) is 13.8. The fourth-order valence-corrected chi connectivity index (χ4v) is 1.96.